The standard InChI is InChI=1S/C19H17N3O4/c1-26-12-3-4-14-13(9-12)17-18(21-14)19(25)22(10-20-17)7-6-11-2-5-15(23)16(24)8-11/h2-5,8-10,21,23-24H,6-7H2,1H3/p+1. The fourth-order valence-corrected chi connectivity index (χ4v) is 3.09. The molecule has 26 heavy (non-hydrogen) atoms. The maximum Gasteiger partial charge on any atom is 0.361 e. The summed E-state index contributed by atoms with van der Waals surface area (Å²) >= 11 is 0. The molecule has 0 saturated carbocycles. The monoisotopic (exact) mass is 352 g/mol. The molecule has 0 aliphatic carbocycles. The van der Waals surface area contributed by atoms with E-state index < -0.39 is 0 Å². The number of nitrogens with zero attached hydrogens (tertiary/aromatic N) is 1. The molecule has 0 aliphatic heterocycles. The van der Waals surface area contributed by atoms with Gasteiger partial charge in [-0.2, -0.15) is 4.57 Å². The van der Waals surface area contributed by atoms with Gasteiger partial charge in [-0.3, -0.25) is 0 Å². The minimum Gasteiger partial charge on any atom is -0.504 e. The highest BCUT2D eigenvalue weighted by Gasteiger charge is 2.16. The number of benzene rings is 2. The summed E-state index contributed by atoms with van der Waals surface area (Å²) in [6, 6.07) is 10.3. The summed E-state index contributed by atoms with van der Waals surface area (Å²) in [7, 11) is 1.60. The van der Waals surface area contributed by atoms with Crippen molar-refractivity contribution in [2.75, 3.05) is 7.11 Å². The number of aryl methyl sites for hydroxylation is 2. The van der Waals surface area contributed by atoms with Crippen LogP contribution in [0.15, 0.2) is 47.5 Å². The summed E-state index contributed by atoms with van der Waals surface area (Å²) in [6.07, 6.45) is 2.19. The van der Waals surface area contributed by atoms with Gasteiger partial charge in [-0.1, -0.05) is 6.07 Å². The maximum atomic E-state index is 12.8. The molecule has 2 aromatic carbocycles. The lowest BCUT2D eigenvalue weighted by molar-refractivity contribution is -0.352. The molecule has 0 spiro atoms. The number of rotatable bonds is 4. The van der Waals surface area contributed by atoms with E-state index in [1.165, 1.54) is 12.1 Å². The Kier molecular flexibility index (Phi) is 3.76. The van der Waals surface area contributed by atoms with Crippen LogP contribution in [0, 0.1) is 0 Å². The van der Waals surface area contributed by atoms with Crippen molar-refractivity contribution in [1.82, 2.24) is 9.55 Å². The van der Waals surface area contributed by atoms with Gasteiger partial charge in [0.1, 0.15) is 5.75 Å². The van der Waals surface area contributed by atoms with Gasteiger partial charge >= 0.3 is 5.56 Å². The number of aromatic nitrogens is 3. The summed E-state index contributed by atoms with van der Waals surface area (Å²) in [5.41, 5.74) is 2.80. The van der Waals surface area contributed by atoms with Gasteiger partial charge in [0.2, 0.25) is 6.33 Å². The zero-order chi connectivity index (χ0) is 18.3. The number of aromatic amines is 2. The van der Waals surface area contributed by atoms with Crippen molar-refractivity contribution in [2.45, 2.75) is 13.0 Å². The SMILES string of the molecule is COc1ccc2[nH]c3c(=O)n(CCc4ccc(O)c(O)c4)c[nH+]c3c2c1. The molecule has 0 saturated heterocycles. The fourth-order valence-electron chi connectivity index (χ4n) is 3.09. The van der Waals surface area contributed by atoms with Crippen molar-refractivity contribution in [3.05, 3.63) is 58.6 Å². The predicted octanol–water partition coefficient (Wildman–Crippen LogP) is 1.96. The Hall–Kier alpha value is -3.48. The highest BCUT2D eigenvalue weighted by molar-refractivity contribution is 6.03. The number of methoxy groups -OCH3 is 1. The van der Waals surface area contributed by atoms with E-state index in [4.69, 9.17) is 4.74 Å². The number of nitrogens with one attached hydrogen (secondary N) is 2. The molecule has 4 N–H and O–H groups in total. The Morgan fingerprint density at radius 3 is 2.77 bits per heavy atom. The number of ether oxygens (including phenoxy) is 1. The lowest BCUT2D eigenvalue weighted by Gasteiger charge is -2.03. The normalized spacial score (nSPS) is 11.3. The molecule has 0 aliphatic rings. The minimum absolute atomic E-state index is 0.128. The first kappa shape index (κ1) is 16.0. The number of phenols is 2. The lowest BCUT2D eigenvalue weighted by Crippen LogP contribution is -2.26. The van der Waals surface area contributed by atoms with E-state index in [1.54, 1.807) is 24.1 Å². The first-order valence-corrected chi connectivity index (χ1v) is 8.18. The molecule has 7 nitrogen and oxygen atoms in total. The summed E-state index contributed by atoms with van der Waals surface area (Å²) in [6.45, 7) is 0.439. The van der Waals surface area contributed by atoms with Crippen molar-refractivity contribution < 1.29 is 19.9 Å². The second-order valence-electron chi connectivity index (χ2n) is 6.13. The third-order valence-electron chi connectivity index (χ3n) is 4.53. The second kappa shape index (κ2) is 6.11. The van der Waals surface area contributed by atoms with Crippen LogP contribution in [-0.4, -0.2) is 26.9 Å². The van der Waals surface area contributed by atoms with Gasteiger partial charge in [0, 0.05) is 6.42 Å². The molecule has 132 valence electrons. The van der Waals surface area contributed by atoms with E-state index in [0.29, 0.717) is 18.5 Å². The van der Waals surface area contributed by atoms with E-state index in [-0.39, 0.29) is 17.1 Å². The van der Waals surface area contributed by atoms with E-state index in [9.17, 15) is 15.0 Å². The molecule has 7 heteroatoms. The largest absolute Gasteiger partial charge is 0.504 e. The van der Waals surface area contributed by atoms with E-state index >= 15 is 0 Å². The fraction of sp³-hybridized carbons (Fsp3) is 0.158. The Morgan fingerprint density at radius 2 is 2.00 bits per heavy atom. The molecule has 0 radical (unpaired) electrons. The van der Waals surface area contributed by atoms with Gasteiger partial charge in [0.25, 0.3) is 0 Å². The van der Waals surface area contributed by atoms with Gasteiger partial charge in [0.05, 0.1) is 24.6 Å². The Labute approximate surface area is 148 Å². The molecular weight excluding hydrogens is 334 g/mol. The van der Waals surface area contributed by atoms with Gasteiger partial charge < -0.3 is 19.9 Å². The summed E-state index contributed by atoms with van der Waals surface area (Å²) < 4.78 is 6.83. The highest BCUT2D eigenvalue weighted by Crippen LogP contribution is 2.26. The van der Waals surface area contributed by atoms with Crippen LogP contribution >= 0.6 is 0 Å². The van der Waals surface area contributed by atoms with Crippen molar-refractivity contribution in [1.29, 1.82) is 0 Å². The van der Waals surface area contributed by atoms with Crippen LogP contribution in [0.1, 0.15) is 5.56 Å². The Bertz CT molecular complexity index is 1180. The van der Waals surface area contributed by atoms with E-state index in [0.717, 1.165) is 27.7 Å². The van der Waals surface area contributed by atoms with Crippen molar-refractivity contribution in [2.24, 2.45) is 0 Å². The maximum absolute atomic E-state index is 12.8. The van der Waals surface area contributed by atoms with E-state index in [2.05, 4.69) is 9.97 Å². The van der Waals surface area contributed by atoms with Gasteiger partial charge in [0.15, 0.2) is 22.5 Å². The molecule has 4 rings (SSSR count). The quantitative estimate of drug-likeness (QED) is 0.489. The topological polar surface area (TPSA) is 102 Å². The molecular formula is C19H18N3O4+. The molecule has 0 atom stereocenters. The molecule has 2 aromatic heterocycles. The smallest absolute Gasteiger partial charge is 0.361 e. The van der Waals surface area contributed by atoms with Gasteiger partial charge in [-0.25, -0.2) is 9.78 Å². The number of hydrogen-bond acceptors (Lipinski definition) is 4. The molecule has 0 unspecified atom stereocenters. The van der Waals surface area contributed by atoms with Crippen molar-refractivity contribution in [3.63, 3.8) is 0 Å². The predicted molar refractivity (Wildman–Crippen MR) is 96.6 cm³/mol. The molecule has 0 amide bonds. The number of phenolic OH excluding ortho intramolecular Hbond substituents is 2. The molecule has 0 fully saturated rings. The molecule has 0 bridgehead atoms. The van der Waals surface area contributed by atoms with Crippen LogP contribution in [-0.2, 0) is 13.0 Å². The average molecular weight is 352 g/mol. The number of H-pyrrole nitrogens is 2. The number of aromatic hydroxyl groups is 2. The van der Waals surface area contributed by atoms with Gasteiger partial charge in [-0.05, 0) is 35.9 Å². The minimum atomic E-state index is -0.165. The van der Waals surface area contributed by atoms with Crippen LogP contribution in [0.2, 0.25) is 0 Å². The van der Waals surface area contributed by atoms with Crippen LogP contribution in [0.3, 0.4) is 0 Å². The van der Waals surface area contributed by atoms with Crippen LogP contribution in [0.4, 0.5) is 0 Å². The highest BCUT2D eigenvalue weighted by atomic mass is 16.5. The summed E-state index contributed by atoms with van der Waals surface area (Å²) in [5.74, 6) is 0.402. The van der Waals surface area contributed by atoms with Crippen molar-refractivity contribution >= 4 is 21.9 Å². The van der Waals surface area contributed by atoms with Crippen molar-refractivity contribution in [3.8, 4) is 17.2 Å². The number of hydrogen-bond donors (Lipinski definition) is 3. The van der Waals surface area contributed by atoms with Crippen LogP contribution in [0.25, 0.3) is 21.9 Å². The van der Waals surface area contributed by atoms with Crippen LogP contribution < -0.4 is 15.3 Å². The zero-order valence-corrected chi connectivity index (χ0v) is 14.1. The third kappa shape index (κ3) is 2.63. The Balaban J connectivity index is 1.70. The average Bonchev–Trinajstić information content (AvgIpc) is 3.02. The first-order valence-electron chi connectivity index (χ1n) is 8.18. The molecule has 4 aromatic rings. The van der Waals surface area contributed by atoms with Gasteiger partial charge in [-0.15, -0.1) is 0 Å². The second-order valence-corrected chi connectivity index (χ2v) is 6.13. The third-order valence-corrected chi connectivity index (χ3v) is 4.53. The number of fused-ring (bicyclic) bond motifs is 3. The first-order chi connectivity index (χ1) is 12.6. The van der Waals surface area contributed by atoms with E-state index in [1.807, 2.05) is 18.2 Å². The summed E-state index contributed by atoms with van der Waals surface area (Å²) in [4.78, 5) is 19.1. The lowest BCUT2D eigenvalue weighted by atomic mass is 10.1. The van der Waals surface area contributed by atoms with Crippen LogP contribution in [0.5, 0.6) is 17.2 Å². The Morgan fingerprint density at radius 1 is 1.15 bits per heavy atom. The zero-order valence-electron chi connectivity index (χ0n) is 14.1. The molecule has 2 heterocycles. The summed E-state index contributed by atoms with van der Waals surface area (Å²) in [5, 5.41) is 19.8.